The third kappa shape index (κ3) is 6.92. The molecule has 3 aromatic carbocycles. The van der Waals surface area contributed by atoms with Gasteiger partial charge < -0.3 is 23.7 Å². The summed E-state index contributed by atoms with van der Waals surface area (Å²) in [6.07, 6.45) is 1.86. The van der Waals surface area contributed by atoms with E-state index in [-0.39, 0.29) is 43.1 Å². The van der Waals surface area contributed by atoms with Crippen molar-refractivity contribution < 1.29 is 27.9 Å². The molecule has 0 aliphatic rings. The number of ether oxygens (including phenoxy) is 2. The monoisotopic (exact) mass is 546 g/mol. The highest BCUT2D eigenvalue weighted by molar-refractivity contribution is 5.98. The first-order valence-electron chi connectivity index (χ1n) is 12.8. The SMILES string of the molecule is COCCCN(CC(=O)N(Cc1ccc(F)cc1)Cc1coc2ccccc2c1=O)C(=O)c1ccccc1OC. The lowest BCUT2D eigenvalue weighted by Crippen LogP contribution is -2.43. The number of carbonyl (C=O) groups is 2. The standard InChI is InChI=1S/C31H31FN2O6/c1-38-17-7-16-33(31(37)26-9-4-5-10-27(26)39-2)20-29(35)34(18-22-12-14-24(32)15-13-22)19-23-21-40-28-11-6-3-8-25(28)30(23)36/h3-6,8-15,21H,7,16-20H2,1-2H3. The number of amides is 2. The number of nitrogens with zero attached hydrogens (tertiary/aromatic N) is 2. The Kier molecular flexibility index (Phi) is 9.64. The number of hydrogen-bond donors (Lipinski definition) is 0. The van der Waals surface area contributed by atoms with E-state index >= 15 is 0 Å². The number of halogens is 1. The van der Waals surface area contributed by atoms with E-state index in [1.54, 1.807) is 67.8 Å². The molecule has 0 bridgehead atoms. The fourth-order valence-corrected chi connectivity index (χ4v) is 4.38. The Morgan fingerprint density at radius 2 is 1.62 bits per heavy atom. The predicted octanol–water partition coefficient (Wildman–Crippen LogP) is 4.65. The van der Waals surface area contributed by atoms with Crippen LogP contribution in [0.25, 0.3) is 11.0 Å². The molecule has 2 amide bonds. The molecule has 0 N–H and O–H groups in total. The van der Waals surface area contributed by atoms with Gasteiger partial charge in [0.15, 0.2) is 5.43 Å². The molecule has 9 heteroatoms. The lowest BCUT2D eigenvalue weighted by Gasteiger charge is -2.28. The molecule has 0 aliphatic heterocycles. The molecule has 0 saturated carbocycles. The number of carbonyl (C=O) groups excluding carboxylic acids is 2. The van der Waals surface area contributed by atoms with E-state index < -0.39 is 11.7 Å². The van der Waals surface area contributed by atoms with Crippen LogP contribution in [-0.2, 0) is 22.6 Å². The fourth-order valence-electron chi connectivity index (χ4n) is 4.38. The summed E-state index contributed by atoms with van der Waals surface area (Å²) in [5.41, 5.74) is 1.48. The summed E-state index contributed by atoms with van der Waals surface area (Å²) >= 11 is 0. The van der Waals surface area contributed by atoms with Crippen LogP contribution in [0.15, 0.2) is 88.3 Å². The number of rotatable bonds is 12. The molecule has 1 heterocycles. The molecule has 208 valence electrons. The normalized spacial score (nSPS) is 10.9. The molecule has 0 atom stereocenters. The molecule has 0 spiro atoms. The zero-order chi connectivity index (χ0) is 28.5. The maximum atomic E-state index is 13.8. The van der Waals surface area contributed by atoms with Gasteiger partial charge >= 0.3 is 0 Å². The molecule has 0 radical (unpaired) electrons. The highest BCUT2D eigenvalue weighted by Gasteiger charge is 2.25. The van der Waals surface area contributed by atoms with Gasteiger partial charge in [-0.25, -0.2) is 4.39 Å². The van der Waals surface area contributed by atoms with Crippen LogP contribution in [0.2, 0.25) is 0 Å². The van der Waals surface area contributed by atoms with Crippen molar-refractivity contribution in [3.8, 4) is 5.75 Å². The van der Waals surface area contributed by atoms with E-state index in [0.29, 0.717) is 40.9 Å². The van der Waals surface area contributed by atoms with E-state index in [2.05, 4.69) is 0 Å². The summed E-state index contributed by atoms with van der Waals surface area (Å²) in [5, 5.41) is 0.404. The molecular formula is C31H31FN2O6. The smallest absolute Gasteiger partial charge is 0.258 e. The first kappa shape index (κ1) is 28.5. The van der Waals surface area contributed by atoms with Crippen LogP contribution in [0.5, 0.6) is 5.75 Å². The number of methoxy groups -OCH3 is 2. The van der Waals surface area contributed by atoms with Gasteiger partial charge in [0.25, 0.3) is 5.91 Å². The predicted molar refractivity (Wildman–Crippen MR) is 149 cm³/mol. The Bertz CT molecular complexity index is 1520. The summed E-state index contributed by atoms with van der Waals surface area (Å²) in [6, 6.07) is 19.5. The van der Waals surface area contributed by atoms with Crippen LogP contribution in [0.3, 0.4) is 0 Å². The van der Waals surface area contributed by atoms with Gasteiger partial charge in [0, 0.05) is 26.8 Å². The van der Waals surface area contributed by atoms with Gasteiger partial charge in [-0.3, -0.25) is 14.4 Å². The summed E-state index contributed by atoms with van der Waals surface area (Å²) in [6.45, 7) is 0.458. The molecule has 40 heavy (non-hydrogen) atoms. The molecule has 4 rings (SSSR count). The molecule has 8 nitrogen and oxygen atoms in total. The van der Waals surface area contributed by atoms with Crippen molar-refractivity contribution in [1.29, 1.82) is 0 Å². The average Bonchev–Trinajstić information content (AvgIpc) is 2.98. The van der Waals surface area contributed by atoms with E-state index in [9.17, 15) is 18.8 Å². The number of hydrogen-bond acceptors (Lipinski definition) is 6. The largest absolute Gasteiger partial charge is 0.496 e. The quantitative estimate of drug-likeness (QED) is 0.241. The number of fused-ring (bicyclic) bond motifs is 1. The van der Waals surface area contributed by atoms with Gasteiger partial charge in [-0.05, 0) is 48.4 Å². The van der Waals surface area contributed by atoms with Crippen molar-refractivity contribution >= 4 is 22.8 Å². The highest BCUT2D eigenvalue weighted by Crippen LogP contribution is 2.20. The second kappa shape index (κ2) is 13.5. The first-order chi connectivity index (χ1) is 19.4. The minimum atomic E-state index is -0.400. The summed E-state index contributed by atoms with van der Waals surface area (Å²) in [5.74, 6) is -0.761. The summed E-state index contributed by atoms with van der Waals surface area (Å²) in [7, 11) is 3.04. The zero-order valence-electron chi connectivity index (χ0n) is 22.5. The molecule has 0 unspecified atom stereocenters. The summed E-state index contributed by atoms with van der Waals surface area (Å²) in [4.78, 5) is 43.5. The Labute approximate surface area is 231 Å². The van der Waals surface area contributed by atoms with Gasteiger partial charge in [-0.2, -0.15) is 0 Å². The maximum absolute atomic E-state index is 13.8. The van der Waals surface area contributed by atoms with Gasteiger partial charge in [0.1, 0.15) is 23.7 Å². The van der Waals surface area contributed by atoms with Crippen molar-refractivity contribution in [2.24, 2.45) is 0 Å². The molecule has 0 saturated heterocycles. The van der Waals surface area contributed by atoms with Crippen molar-refractivity contribution in [1.82, 2.24) is 9.80 Å². The topological polar surface area (TPSA) is 89.3 Å². The third-order valence-corrected chi connectivity index (χ3v) is 6.48. The van der Waals surface area contributed by atoms with Gasteiger partial charge in [0.05, 0.1) is 36.4 Å². The van der Waals surface area contributed by atoms with Crippen LogP contribution in [0.4, 0.5) is 4.39 Å². The number of para-hydroxylation sites is 2. The summed E-state index contributed by atoms with van der Waals surface area (Å²) < 4.78 is 29.7. The Balaban J connectivity index is 1.64. The van der Waals surface area contributed by atoms with Crippen LogP contribution < -0.4 is 10.2 Å². The second-order valence-corrected chi connectivity index (χ2v) is 9.24. The van der Waals surface area contributed by atoms with Crippen molar-refractivity contribution in [2.45, 2.75) is 19.5 Å². The zero-order valence-corrected chi connectivity index (χ0v) is 22.5. The van der Waals surface area contributed by atoms with E-state index in [0.717, 1.165) is 0 Å². The lowest BCUT2D eigenvalue weighted by molar-refractivity contribution is -0.133. The molecule has 0 aliphatic carbocycles. The Hall–Kier alpha value is -4.50. The molecular weight excluding hydrogens is 515 g/mol. The first-order valence-corrected chi connectivity index (χ1v) is 12.8. The molecule has 0 fully saturated rings. The molecule has 1 aromatic heterocycles. The van der Waals surface area contributed by atoms with Crippen molar-refractivity contribution in [3.63, 3.8) is 0 Å². The fraction of sp³-hybridized carbons (Fsp3) is 0.258. The van der Waals surface area contributed by atoms with Crippen molar-refractivity contribution in [2.75, 3.05) is 33.9 Å². The van der Waals surface area contributed by atoms with E-state index in [4.69, 9.17) is 13.9 Å². The molecule has 4 aromatic rings. The van der Waals surface area contributed by atoms with Crippen LogP contribution in [-0.4, -0.2) is 55.5 Å². The Morgan fingerprint density at radius 1 is 0.900 bits per heavy atom. The van der Waals surface area contributed by atoms with Gasteiger partial charge in [-0.1, -0.05) is 36.4 Å². The lowest BCUT2D eigenvalue weighted by atomic mass is 10.1. The van der Waals surface area contributed by atoms with E-state index in [1.165, 1.54) is 35.3 Å². The van der Waals surface area contributed by atoms with Gasteiger partial charge in [-0.15, -0.1) is 0 Å². The van der Waals surface area contributed by atoms with Crippen LogP contribution >= 0.6 is 0 Å². The van der Waals surface area contributed by atoms with Crippen LogP contribution in [0, 0.1) is 5.82 Å². The highest BCUT2D eigenvalue weighted by atomic mass is 19.1. The number of benzene rings is 3. The van der Waals surface area contributed by atoms with E-state index in [1.807, 2.05) is 0 Å². The maximum Gasteiger partial charge on any atom is 0.258 e. The average molecular weight is 547 g/mol. The Morgan fingerprint density at radius 3 is 2.38 bits per heavy atom. The third-order valence-electron chi connectivity index (χ3n) is 6.48. The minimum absolute atomic E-state index is 0.0574. The second-order valence-electron chi connectivity index (χ2n) is 9.24. The van der Waals surface area contributed by atoms with Crippen LogP contribution in [0.1, 0.15) is 27.9 Å². The minimum Gasteiger partial charge on any atom is -0.496 e. The van der Waals surface area contributed by atoms with Gasteiger partial charge in [0.2, 0.25) is 5.91 Å². The van der Waals surface area contributed by atoms with Crippen molar-refractivity contribution in [3.05, 3.63) is 112 Å².